The Kier molecular flexibility index (Phi) is 2.34. The summed E-state index contributed by atoms with van der Waals surface area (Å²) in [4.78, 5) is 2.12. The third kappa shape index (κ3) is 1.91. The molecular formula is C10H14N2O. The summed E-state index contributed by atoms with van der Waals surface area (Å²) in [6.45, 7) is 1.85. The Morgan fingerprint density at radius 1 is 1.46 bits per heavy atom. The summed E-state index contributed by atoms with van der Waals surface area (Å²) < 4.78 is 4.99. The first-order valence-corrected chi connectivity index (χ1v) is 4.70. The van der Waals surface area contributed by atoms with Crippen LogP contribution in [0.4, 0.5) is 0 Å². The average molecular weight is 178 g/mol. The number of amidine groups is 1. The van der Waals surface area contributed by atoms with Crippen LogP contribution >= 0.6 is 0 Å². The minimum absolute atomic E-state index is 0.771. The van der Waals surface area contributed by atoms with Crippen LogP contribution in [0.3, 0.4) is 0 Å². The molecule has 0 unspecified atom stereocenters. The lowest BCUT2D eigenvalue weighted by Gasteiger charge is -2.28. The Morgan fingerprint density at radius 2 is 2.38 bits per heavy atom. The number of furan rings is 1. The minimum atomic E-state index is 0.771. The zero-order valence-electron chi connectivity index (χ0n) is 7.62. The van der Waals surface area contributed by atoms with Gasteiger partial charge in [0.25, 0.3) is 0 Å². The van der Waals surface area contributed by atoms with Gasteiger partial charge >= 0.3 is 0 Å². The molecule has 0 bridgehead atoms. The van der Waals surface area contributed by atoms with E-state index in [0.29, 0.717) is 0 Å². The van der Waals surface area contributed by atoms with Gasteiger partial charge < -0.3 is 9.32 Å². The molecule has 1 fully saturated rings. The monoisotopic (exact) mass is 178 g/mol. The summed E-state index contributed by atoms with van der Waals surface area (Å²) in [5, 5.41) is 7.74. The second-order valence-corrected chi connectivity index (χ2v) is 3.46. The van der Waals surface area contributed by atoms with E-state index in [4.69, 9.17) is 9.83 Å². The maximum Gasteiger partial charge on any atom is 0.0960 e. The summed E-state index contributed by atoms with van der Waals surface area (Å²) in [5.41, 5.74) is 1.16. The van der Waals surface area contributed by atoms with Crippen molar-refractivity contribution in [3.63, 3.8) is 0 Å². The quantitative estimate of drug-likeness (QED) is 0.754. The molecule has 0 atom stereocenters. The van der Waals surface area contributed by atoms with Gasteiger partial charge in [0.15, 0.2) is 0 Å². The molecule has 70 valence electrons. The largest absolute Gasteiger partial charge is 0.472 e. The molecule has 1 aliphatic rings. The topological polar surface area (TPSA) is 40.2 Å². The van der Waals surface area contributed by atoms with E-state index in [1.54, 1.807) is 12.5 Å². The van der Waals surface area contributed by atoms with Crippen LogP contribution in [0, 0.1) is 5.41 Å². The summed E-state index contributed by atoms with van der Waals surface area (Å²) in [6.07, 6.45) is 6.74. The molecule has 1 aliphatic heterocycles. The van der Waals surface area contributed by atoms with Gasteiger partial charge in [-0.1, -0.05) is 0 Å². The number of rotatable bonds is 2. The van der Waals surface area contributed by atoms with E-state index in [-0.39, 0.29) is 0 Å². The number of hydrogen-bond donors (Lipinski definition) is 1. The number of nitrogens with zero attached hydrogens (tertiary/aromatic N) is 1. The highest BCUT2D eigenvalue weighted by Gasteiger charge is 2.14. The highest BCUT2D eigenvalue weighted by molar-refractivity contribution is 5.79. The Bertz CT molecular complexity index is 279. The molecule has 0 aliphatic carbocycles. The molecule has 3 heteroatoms. The van der Waals surface area contributed by atoms with Crippen molar-refractivity contribution in [1.29, 1.82) is 5.41 Å². The molecule has 1 aromatic rings. The summed E-state index contributed by atoms with van der Waals surface area (Å²) >= 11 is 0. The summed E-state index contributed by atoms with van der Waals surface area (Å²) in [6, 6.07) is 1.96. The van der Waals surface area contributed by atoms with E-state index < -0.39 is 0 Å². The van der Waals surface area contributed by atoms with Gasteiger partial charge in [-0.15, -0.1) is 0 Å². The lowest BCUT2D eigenvalue weighted by Crippen LogP contribution is -2.33. The van der Waals surface area contributed by atoms with Crippen LogP contribution < -0.4 is 0 Å². The summed E-state index contributed by atoms with van der Waals surface area (Å²) in [7, 11) is 0. The summed E-state index contributed by atoms with van der Waals surface area (Å²) in [5.74, 6) is 0.771. The van der Waals surface area contributed by atoms with Crippen LogP contribution in [-0.2, 0) is 6.54 Å². The Hall–Kier alpha value is -1.25. The Labute approximate surface area is 77.9 Å². The van der Waals surface area contributed by atoms with E-state index in [1.165, 1.54) is 12.8 Å². The van der Waals surface area contributed by atoms with Gasteiger partial charge in [0, 0.05) is 25.1 Å². The zero-order valence-corrected chi connectivity index (χ0v) is 7.62. The molecule has 3 nitrogen and oxygen atoms in total. The molecule has 0 spiro atoms. The normalized spacial score (nSPS) is 17.8. The maximum absolute atomic E-state index is 7.74. The van der Waals surface area contributed by atoms with E-state index in [1.807, 2.05) is 6.07 Å². The first-order valence-electron chi connectivity index (χ1n) is 4.70. The molecule has 0 aromatic carbocycles. The van der Waals surface area contributed by atoms with Crippen molar-refractivity contribution in [3.8, 4) is 0 Å². The number of hydrogen-bond acceptors (Lipinski definition) is 2. The number of piperidine rings is 1. The predicted molar refractivity (Wildman–Crippen MR) is 50.7 cm³/mol. The predicted octanol–water partition coefficient (Wildman–Crippen LogP) is 2.24. The van der Waals surface area contributed by atoms with Crippen molar-refractivity contribution in [2.75, 3.05) is 6.54 Å². The van der Waals surface area contributed by atoms with Crippen LogP contribution in [0.25, 0.3) is 0 Å². The van der Waals surface area contributed by atoms with Crippen molar-refractivity contribution in [2.45, 2.75) is 25.8 Å². The van der Waals surface area contributed by atoms with E-state index in [9.17, 15) is 0 Å². The van der Waals surface area contributed by atoms with Gasteiger partial charge in [-0.05, 0) is 18.9 Å². The second-order valence-electron chi connectivity index (χ2n) is 3.46. The van der Waals surface area contributed by atoms with Crippen LogP contribution in [-0.4, -0.2) is 17.3 Å². The van der Waals surface area contributed by atoms with Crippen molar-refractivity contribution in [2.24, 2.45) is 0 Å². The molecule has 1 aromatic heterocycles. The molecule has 0 radical (unpaired) electrons. The smallest absolute Gasteiger partial charge is 0.0960 e. The third-order valence-electron chi connectivity index (χ3n) is 2.43. The van der Waals surface area contributed by atoms with Crippen molar-refractivity contribution in [3.05, 3.63) is 24.2 Å². The first-order chi connectivity index (χ1) is 6.36. The third-order valence-corrected chi connectivity index (χ3v) is 2.43. The number of likely N-dealkylation sites (tertiary alicyclic amines) is 1. The molecule has 2 heterocycles. The average Bonchev–Trinajstić information content (AvgIpc) is 2.61. The lowest BCUT2D eigenvalue weighted by molar-refractivity contribution is 0.360. The fourth-order valence-corrected chi connectivity index (χ4v) is 1.67. The van der Waals surface area contributed by atoms with Gasteiger partial charge in [-0.25, -0.2) is 0 Å². The zero-order chi connectivity index (χ0) is 9.10. The second kappa shape index (κ2) is 3.64. The van der Waals surface area contributed by atoms with E-state index >= 15 is 0 Å². The van der Waals surface area contributed by atoms with Crippen LogP contribution in [0.1, 0.15) is 24.8 Å². The van der Waals surface area contributed by atoms with Crippen LogP contribution in [0.15, 0.2) is 23.0 Å². The highest BCUT2D eigenvalue weighted by Crippen LogP contribution is 2.14. The highest BCUT2D eigenvalue weighted by atomic mass is 16.3. The molecule has 1 saturated heterocycles. The van der Waals surface area contributed by atoms with Crippen molar-refractivity contribution >= 4 is 5.84 Å². The molecule has 1 N–H and O–H groups in total. The van der Waals surface area contributed by atoms with Gasteiger partial charge in [0.1, 0.15) is 0 Å². The van der Waals surface area contributed by atoms with Crippen molar-refractivity contribution < 1.29 is 4.42 Å². The Balaban J connectivity index is 1.97. The number of nitrogens with one attached hydrogen (secondary N) is 1. The fraction of sp³-hybridized carbons (Fsp3) is 0.500. The minimum Gasteiger partial charge on any atom is -0.472 e. The molecule has 0 saturated carbocycles. The van der Waals surface area contributed by atoms with Crippen molar-refractivity contribution in [1.82, 2.24) is 4.90 Å². The van der Waals surface area contributed by atoms with Crippen LogP contribution in [0.5, 0.6) is 0 Å². The van der Waals surface area contributed by atoms with Gasteiger partial charge in [-0.2, -0.15) is 0 Å². The SMILES string of the molecule is N=C1CCCCN1Cc1ccoc1. The fourth-order valence-electron chi connectivity index (χ4n) is 1.67. The maximum atomic E-state index is 7.74. The molecule has 0 amide bonds. The molecule has 2 rings (SSSR count). The van der Waals surface area contributed by atoms with Gasteiger partial charge in [0.05, 0.1) is 18.4 Å². The standard InChI is InChI=1S/C10H14N2O/c11-10-3-1-2-5-12(10)7-9-4-6-13-8-9/h4,6,8,11H,1-3,5,7H2. The van der Waals surface area contributed by atoms with E-state index in [0.717, 1.165) is 30.9 Å². The molecule has 13 heavy (non-hydrogen) atoms. The lowest BCUT2D eigenvalue weighted by atomic mass is 10.1. The van der Waals surface area contributed by atoms with E-state index in [2.05, 4.69) is 4.90 Å². The molecular weight excluding hydrogens is 164 g/mol. The van der Waals surface area contributed by atoms with Gasteiger partial charge in [0.2, 0.25) is 0 Å². The van der Waals surface area contributed by atoms with Gasteiger partial charge in [-0.3, -0.25) is 5.41 Å². The Morgan fingerprint density at radius 3 is 3.08 bits per heavy atom. The van der Waals surface area contributed by atoms with Crippen LogP contribution in [0.2, 0.25) is 0 Å². The first kappa shape index (κ1) is 8.35.